The lowest BCUT2D eigenvalue weighted by atomic mass is 10.2. The van der Waals surface area contributed by atoms with Crippen molar-refractivity contribution in [1.82, 2.24) is 9.97 Å². The second-order valence-electron chi connectivity index (χ2n) is 4.38. The molecule has 1 aromatic heterocycles. The quantitative estimate of drug-likeness (QED) is 0.729. The van der Waals surface area contributed by atoms with Crippen LogP contribution in [-0.2, 0) is 0 Å². The van der Waals surface area contributed by atoms with Crippen molar-refractivity contribution in [3.8, 4) is 0 Å². The number of rotatable bonds is 1. The molecule has 0 saturated carbocycles. The SMILES string of the molecule is Cc1cnc2ccc(N3CCCC3)cc2n1. The number of aryl methyl sites for hydroxylation is 1. The fourth-order valence-corrected chi connectivity index (χ4v) is 2.26. The highest BCUT2D eigenvalue weighted by atomic mass is 15.1. The molecule has 0 N–H and O–H groups in total. The second-order valence-corrected chi connectivity index (χ2v) is 4.38. The maximum absolute atomic E-state index is 4.52. The monoisotopic (exact) mass is 213 g/mol. The third-order valence-electron chi connectivity index (χ3n) is 3.12. The molecular formula is C13H15N3. The smallest absolute Gasteiger partial charge is 0.0910 e. The summed E-state index contributed by atoms with van der Waals surface area (Å²) in [6.07, 6.45) is 4.42. The van der Waals surface area contributed by atoms with Gasteiger partial charge in [0, 0.05) is 25.0 Å². The number of anilines is 1. The first-order chi connectivity index (χ1) is 7.83. The minimum atomic E-state index is 0.978. The van der Waals surface area contributed by atoms with Crippen LogP contribution in [-0.4, -0.2) is 23.1 Å². The summed E-state index contributed by atoms with van der Waals surface area (Å²) in [6, 6.07) is 6.37. The highest BCUT2D eigenvalue weighted by molar-refractivity contribution is 5.78. The summed E-state index contributed by atoms with van der Waals surface area (Å²) in [4.78, 5) is 11.3. The fraction of sp³-hybridized carbons (Fsp3) is 0.385. The zero-order valence-corrected chi connectivity index (χ0v) is 9.48. The summed E-state index contributed by atoms with van der Waals surface area (Å²) in [6.45, 7) is 4.32. The number of nitrogens with zero attached hydrogens (tertiary/aromatic N) is 3. The highest BCUT2D eigenvalue weighted by Gasteiger charge is 2.12. The van der Waals surface area contributed by atoms with Crippen molar-refractivity contribution in [2.24, 2.45) is 0 Å². The molecule has 0 unspecified atom stereocenters. The van der Waals surface area contributed by atoms with E-state index in [2.05, 4.69) is 33.1 Å². The lowest BCUT2D eigenvalue weighted by Gasteiger charge is -2.17. The van der Waals surface area contributed by atoms with Gasteiger partial charge in [0.15, 0.2) is 0 Å². The minimum Gasteiger partial charge on any atom is -0.371 e. The van der Waals surface area contributed by atoms with Crippen molar-refractivity contribution in [3.63, 3.8) is 0 Å². The Hall–Kier alpha value is -1.64. The molecule has 2 heterocycles. The van der Waals surface area contributed by atoms with Crippen LogP contribution in [0.2, 0.25) is 0 Å². The number of fused-ring (bicyclic) bond motifs is 1. The molecule has 1 fully saturated rings. The van der Waals surface area contributed by atoms with Crippen LogP contribution in [0, 0.1) is 6.92 Å². The van der Waals surface area contributed by atoms with Crippen LogP contribution in [0.1, 0.15) is 18.5 Å². The van der Waals surface area contributed by atoms with Gasteiger partial charge in [0.1, 0.15) is 0 Å². The highest BCUT2D eigenvalue weighted by Crippen LogP contribution is 2.23. The van der Waals surface area contributed by atoms with Crippen molar-refractivity contribution < 1.29 is 0 Å². The zero-order valence-electron chi connectivity index (χ0n) is 9.48. The average molecular weight is 213 g/mol. The van der Waals surface area contributed by atoms with Crippen LogP contribution >= 0.6 is 0 Å². The molecule has 0 amide bonds. The first-order valence-corrected chi connectivity index (χ1v) is 5.81. The molecule has 3 rings (SSSR count). The van der Waals surface area contributed by atoms with E-state index in [9.17, 15) is 0 Å². The van der Waals surface area contributed by atoms with E-state index in [0.717, 1.165) is 16.7 Å². The summed E-state index contributed by atoms with van der Waals surface area (Å²) < 4.78 is 0. The number of benzene rings is 1. The molecule has 1 aliphatic heterocycles. The van der Waals surface area contributed by atoms with Crippen molar-refractivity contribution in [2.45, 2.75) is 19.8 Å². The van der Waals surface area contributed by atoms with Gasteiger partial charge in [-0.05, 0) is 38.0 Å². The Kier molecular flexibility index (Phi) is 2.24. The topological polar surface area (TPSA) is 29.0 Å². The van der Waals surface area contributed by atoms with Gasteiger partial charge in [-0.2, -0.15) is 0 Å². The first-order valence-electron chi connectivity index (χ1n) is 5.81. The largest absolute Gasteiger partial charge is 0.371 e. The molecule has 1 aromatic carbocycles. The predicted molar refractivity (Wildman–Crippen MR) is 65.7 cm³/mol. The summed E-state index contributed by atoms with van der Waals surface area (Å²) in [7, 11) is 0. The second kappa shape index (κ2) is 3.74. The molecule has 16 heavy (non-hydrogen) atoms. The van der Waals surface area contributed by atoms with Gasteiger partial charge in [-0.3, -0.25) is 4.98 Å². The van der Waals surface area contributed by atoms with E-state index in [-0.39, 0.29) is 0 Å². The fourth-order valence-electron chi connectivity index (χ4n) is 2.26. The maximum Gasteiger partial charge on any atom is 0.0910 e. The number of hydrogen-bond donors (Lipinski definition) is 0. The van der Waals surface area contributed by atoms with Gasteiger partial charge in [0.2, 0.25) is 0 Å². The Balaban J connectivity index is 2.07. The van der Waals surface area contributed by atoms with Crippen molar-refractivity contribution in [3.05, 3.63) is 30.1 Å². The number of hydrogen-bond acceptors (Lipinski definition) is 3. The van der Waals surface area contributed by atoms with Crippen molar-refractivity contribution >= 4 is 16.7 Å². The van der Waals surface area contributed by atoms with Gasteiger partial charge >= 0.3 is 0 Å². The van der Waals surface area contributed by atoms with Gasteiger partial charge in [-0.25, -0.2) is 4.98 Å². The molecular weight excluding hydrogens is 198 g/mol. The summed E-state index contributed by atoms with van der Waals surface area (Å²) in [5.74, 6) is 0. The molecule has 0 bridgehead atoms. The van der Waals surface area contributed by atoms with Crippen LogP contribution in [0.4, 0.5) is 5.69 Å². The van der Waals surface area contributed by atoms with Crippen LogP contribution in [0.25, 0.3) is 11.0 Å². The molecule has 0 spiro atoms. The van der Waals surface area contributed by atoms with E-state index in [1.165, 1.54) is 31.6 Å². The van der Waals surface area contributed by atoms with Gasteiger partial charge in [0.05, 0.1) is 16.7 Å². The molecule has 3 heteroatoms. The maximum atomic E-state index is 4.52. The van der Waals surface area contributed by atoms with E-state index in [1.54, 1.807) is 0 Å². The Labute approximate surface area is 95.1 Å². The van der Waals surface area contributed by atoms with E-state index in [4.69, 9.17) is 0 Å². The zero-order chi connectivity index (χ0) is 11.0. The third-order valence-corrected chi connectivity index (χ3v) is 3.12. The minimum absolute atomic E-state index is 0.978. The Morgan fingerprint density at radius 2 is 1.94 bits per heavy atom. The van der Waals surface area contributed by atoms with E-state index < -0.39 is 0 Å². The van der Waals surface area contributed by atoms with Gasteiger partial charge in [-0.1, -0.05) is 0 Å². The van der Waals surface area contributed by atoms with Gasteiger partial charge < -0.3 is 4.90 Å². The van der Waals surface area contributed by atoms with Crippen LogP contribution in [0.3, 0.4) is 0 Å². The standard InChI is InChI=1S/C13H15N3/c1-10-9-14-12-5-4-11(8-13(12)15-10)16-6-2-3-7-16/h4-5,8-9H,2-3,6-7H2,1H3. The molecule has 1 aliphatic rings. The normalized spacial score (nSPS) is 15.9. The van der Waals surface area contributed by atoms with E-state index in [0.29, 0.717) is 0 Å². The Bertz CT molecular complexity index is 516. The third kappa shape index (κ3) is 1.62. The Morgan fingerprint density at radius 1 is 1.12 bits per heavy atom. The predicted octanol–water partition coefficient (Wildman–Crippen LogP) is 2.54. The van der Waals surface area contributed by atoms with Gasteiger partial charge in [0.25, 0.3) is 0 Å². The average Bonchev–Trinajstić information content (AvgIpc) is 2.81. The molecule has 82 valence electrons. The summed E-state index contributed by atoms with van der Waals surface area (Å²) in [5.41, 5.74) is 4.24. The molecule has 0 atom stereocenters. The van der Waals surface area contributed by atoms with Crippen LogP contribution in [0.15, 0.2) is 24.4 Å². The lowest BCUT2D eigenvalue weighted by Crippen LogP contribution is -2.17. The number of aromatic nitrogens is 2. The summed E-state index contributed by atoms with van der Waals surface area (Å²) in [5, 5.41) is 0. The summed E-state index contributed by atoms with van der Waals surface area (Å²) >= 11 is 0. The van der Waals surface area contributed by atoms with Crippen molar-refractivity contribution in [1.29, 1.82) is 0 Å². The molecule has 0 aliphatic carbocycles. The van der Waals surface area contributed by atoms with Crippen molar-refractivity contribution in [2.75, 3.05) is 18.0 Å². The molecule has 3 nitrogen and oxygen atoms in total. The lowest BCUT2D eigenvalue weighted by molar-refractivity contribution is 0.949. The molecule has 2 aromatic rings. The molecule has 0 radical (unpaired) electrons. The molecule has 1 saturated heterocycles. The van der Waals surface area contributed by atoms with Crippen LogP contribution < -0.4 is 4.90 Å². The van der Waals surface area contributed by atoms with E-state index >= 15 is 0 Å². The van der Waals surface area contributed by atoms with Crippen LogP contribution in [0.5, 0.6) is 0 Å². The Morgan fingerprint density at radius 3 is 2.75 bits per heavy atom. The first kappa shape index (κ1) is 9.58. The van der Waals surface area contributed by atoms with Gasteiger partial charge in [-0.15, -0.1) is 0 Å². The van der Waals surface area contributed by atoms with E-state index in [1.807, 2.05) is 13.1 Å².